The molecule has 1 N–H and O–H groups in total. The van der Waals surface area contributed by atoms with E-state index in [0.29, 0.717) is 32.1 Å². The van der Waals surface area contributed by atoms with Crippen molar-refractivity contribution in [1.82, 2.24) is 25.1 Å². The average molecular weight is 382 g/mol. The summed E-state index contributed by atoms with van der Waals surface area (Å²) in [6.07, 6.45) is 3.33. The maximum absolute atomic E-state index is 12.0. The number of amides is 1. The number of benzene rings is 1. The van der Waals surface area contributed by atoms with Crippen LogP contribution in [0.2, 0.25) is 0 Å². The average Bonchev–Trinajstić information content (AvgIpc) is 3.17. The van der Waals surface area contributed by atoms with Crippen molar-refractivity contribution in [2.75, 3.05) is 44.4 Å². The van der Waals surface area contributed by atoms with Crippen LogP contribution in [0.1, 0.15) is 0 Å². The molecule has 0 spiro atoms. The van der Waals surface area contributed by atoms with Gasteiger partial charge in [-0.1, -0.05) is 18.2 Å². The minimum absolute atomic E-state index is 0.0206. The van der Waals surface area contributed by atoms with Crippen LogP contribution in [0.25, 0.3) is 11.0 Å². The number of carbonyl (C=O) groups excluding carboxylic acids is 1. The summed E-state index contributed by atoms with van der Waals surface area (Å²) in [6, 6.07) is 9.26. The number of anilines is 1. The third kappa shape index (κ3) is 4.20. The summed E-state index contributed by atoms with van der Waals surface area (Å²) >= 11 is 0. The first-order valence-electron chi connectivity index (χ1n) is 9.25. The number of para-hydroxylation sites is 1. The van der Waals surface area contributed by atoms with Gasteiger partial charge >= 0.3 is 0 Å². The van der Waals surface area contributed by atoms with Crippen molar-refractivity contribution in [3.05, 3.63) is 42.9 Å². The maximum atomic E-state index is 12.0. The lowest BCUT2D eigenvalue weighted by atomic mass is 10.3. The number of nitrogens with zero attached hydrogens (tertiary/aromatic N) is 5. The summed E-state index contributed by atoms with van der Waals surface area (Å²) in [5, 5.41) is 8.16. The van der Waals surface area contributed by atoms with Crippen molar-refractivity contribution in [2.24, 2.45) is 0 Å². The molecule has 1 fully saturated rings. The van der Waals surface area contributed by atoms with Crippen LogP contribution in [0, 0.1) is 0 Å². The van der Waals surface area contributed by atoms with Gasteiger partial charge in [0.25, 0.3) is 5.91 Å². The monoisotopic (exact) mass is 382 g/mol. The van der Waals surface area contributed by atoms with E-state index in [2.05, 4.69) is 25.3 Å². The van der Waals surface area contributed by atoms with Gasteiger partial charge in [-0.3, -0.25) is 4.79 Å². The fourth-order valence-corrected chi connectivity index (χ4v) is 3.09. The molecule has 2 aromatic heterocycles. The second kappa shape index (κ2) is 8.66. The number of rotatable bonds is 7. The predicted octanol–water partition coefficient (Wildman–Crippen LogP) is 0.858. The molecule has 1 aromatic carbocycles. The highest BCUT2D eigenvalue weighted by Crippen LogP contribution is 2.23. The molecule has 9 heteroatoms. The maximum Gasteiger partial charge on any atom is 0.258 e. The molecule has 0 radical (unpaired) electrons. The first-order chi connectivity index (χ1) is 13.8. The van der Waals surface area contributed by atoms with E-state index in [1.165, 1.54) is 0 Å². The zero-order valence-electron chi connectivity index (χ0n) is 15.5. The van der Waals surface area contributed by atoms with Gasteiger partial charge in [0.2, 0.25) is 0 Å². The summed E-state index contributed by atoms with van der Waals surface area (Å²) in [4.78, 5) is 22.9. The van der Waals surface area contributed by atoms with Crippen molar-refractivity contribution >= 4 is 22.8 Å². The van der Waals surface area contributed by atoms with E-state index in [-0.39, 0.29) is 12.5 Å². The van der Waals surface area contributed by atoms with Crippen LogP contribution in [0.4, 0.5) is 5.82 Å². The normalized spacial score (nSPS) is 14.2. The van der Waals surface area contributed by atoms with Crippen LogP contribution < -0.4 is 15.0 Å². The Balaban J connectivity index is 1.33. The number of carbonyl (C=O) groups is 1. The molecule has 0 bridgehead atoms. The molecule has 28 heavy (non-hydrogen) atoms. The fourth-order valence-electron chi connectivity index (χ4n) is 3.09. The number of aromatic nitrogens is 4. The van der Waals surface area contributed by atoms with Gasteiger partial charge in [-0.05, 0) is 12.1 Å². The Hall–Kier alpha value is -3.20. The van der Waals surface area contributed by atoms with Crippen LogP contribution in [0.3, 0.4) is 0 Å². The SMILES string of the molecule is O=C(COc1ccccc1)NCCn1ncc2c(N3CCOCC3)ncnc21. The van der Waals surface area contributed by atoms with Gasteiger partial charge in [0.05, 0.1) is 31.3 Å². The van der Waals surface area contributed by atoms with Crippen LogP contribution >= 0.6 is 0 Å². The van der Waals surface area contributed by atoms with Gasteiger partial charge in [0, 0.05) is 19.6 Å². The minimum Gasteiger partial charge on any atom is -0.484 e. The zero-order chi connectivity index (χ0) is 19.2. The van der Waals surface area contributed by atoms with E-state index in [4.69, 9.17) is 9.47 Å². The van der Waals surface area contributed by atoms with Gasteiger partial charge in [-0.2, -0.15) is 5.10 Å². The fraction of sp³-hybridized carbons (Fsp3) is 0.368. The lowest BCUT2D eigenvalue weighted by Crippen LogP contribution is -2.36. The Labute approximate surface area is 162 Å². The Morgan fingerprint density at radius 2 is 2.00 bits per heavy atom. The van der Waals surface area contributed by atoms with Gasteiger partial charge < -0.3 is 19.7 Å². The summed E-state index contributed by atoms with van der Waals surface area (Å²) in [5.74, 6) is 1.37. The van der Waals surface area contributed by atoms with Crippen LogP contribution in [-0.2, 0) is 16.1 Å². The van der Waals surface area contributed by atoms with Gasteiger partial charge in [-0.15, -0.1) is 0 Å². The summed E-state index contributed by atoms with van der Waals surface area (Å²) < 4.78 is 12.6. The highest BCUT2D eigenvalue weighted by atomic mass is 16.5. The Morgan fingerprint density at radius 3 is 2.82 bits per heavy atom. The van der Waals surface area contributed by atoms with Gasteiger partial charge in [-0.25, -0.2) is 14.6 Å². The molecule has 3 aromatic rings. The Kier molecular flexibility index (Phi) is 5.62. The largest absolute Gasteiger partial charge is 0.484 e. The smallest absolute Gasteiger partial charge is 0.258 e. The van der Waals surface area contributed by atoms with E-state index >= 15 is 0 Å². The standard InChI is InChI=1S/C19H22N6O3/c26-17(13-28-15-4-2-1-3-5-15)20-6-7-25-19-16(12-23-25)18(21-14-22-19)24-8-10-27-11-9-24/h1-5,12,14H,6-11,13H2,(H,20,26). The van der Waals surface area contributed by atoms with E-state index in [0.717, 1.165) is 29.9 Å². The molecule has 4 rings (SSSR count). The number of morpholine rings is 1. The Morgan fingerprint density at radius 1 is 1.18 bits per heavy atom. The molecule has 1 aliphatic heterocycles. The molecule has 1 amide bonds. The molecule has 0 aliphatic carbocycles. The molecular formula is C19H22N6O3. The topological polar surface area (TPSA) is 94.4 Å². The number of ether oxygens (including phenoxy) is 2. The van der Waals surface area contributed by atoms with Crippen molar-refractivity contribution in [2.45, 2.75) is 6.54 Å². The lowest BCUT2D eigenvalue weighted by Gasteiger charge is -2.27. The highest BCUT2D eigenvalue weighted by molar-refractivity contribution is 5.86. The molecule has 146 valence electrons. The molecule has 1 aliphatic rings. The molecule has 9 nitrogen and oxygen atoms in total. The minimum atomic E-state index is -0.177. The summed E-state index contributed by atoms with van der Waals surface area (Å²) in [7, 11) is 0. The van der Waals surface area contributed by atoms with E-state index in [9.17, 15) is 4.79 Å². The Bertz CT molecular complexity index is 924. The predicted molar refractivity (Wildman–Crippen MR) is 103 cm³/mol. The summed E-state index contributed by atoms with van der Waals surface area (Å²) in [6.45, 7) is 3.91. The molecule has 0 atom stereocenters. The summed E-state index contributed by atoms with van der Waals surface area (Å²) in [5.41, 5.74) is 0.756. The van der Waals surface area contributed by atoms with Crippen LogP contribution in [0.5, 0.6) is 5.75 Å². The van der Waals surface area contributed by atoms with Crippen molar-refractivity contribution in [3.8, 4) is 5.75 Å². The zero-order valence-corrected chi connectivity index (χ0v) is 15.5. The third-order valence-corrected chi connectivity index (χ3v) is 4.48. The molecule has 0 saturated carbocycles. The number of hydrogen-bond acceptors (Lipinski definition) is 7. The first-order valence-corrected chi connectivity index (χ1v) is 9.25. The van der Waals surface area contributed by atoms with Crippen molar-refractivity contribution < 1.29 is 14.3 Å². The van der Waals surface area contributed by atoms with Crippen LogP contribution in [-0.4, -0.2) is 65.1 Å². The second-order valence-electron chi connectivity index (χ2n) is 6.35. The number of hydrogen-bond donors (Lipinski definition) is 1. The van der Waals surface area contributed by atoms with Crippen LogP contribution in [0.15, 0.2) is 42.9 Å². The van der Waals surface area contributed by atoms with E-state index in [1.54, 1.807) is 17.2 Å². The molecular weight excluding hydrogens is 360 g/mol. The van der Waals surface area contributed by atoms with E-state index < -0.39 is 0 Å². The van der Waals surface area contributed by atoms with E-state index in [1.807, 2.05) is 30.3 Å². The second-order valence-corrected chi connectivity index (χ2v) is 6.35. The van der Waals surface area contributed by atoms with Gasteiger partial charge in [0.15, 0.2) is 12.3 Å². The quantitative estimate of drug-likeness (QED) is 0.648. The molecule has 0 unspecified atom stereocenters. The molecule has 1 saturated heterocycles. The number of nitrogens with one attached hydrogen (secondary N) is 1. The third-order valence-electron chi connectivity index (χ3n) is 4.48. The lowest BCUT2D eigenvalue weighted by molar-refractivity contribution is -0.123. The molecule has 3 heterocycles. The van der Waals surface area contributed by atoms with Crippen molar-refractivity contribution in [1.29, 1.82) is 0 Å². The van der Waals surface area contributed by atoms with Gasteiger partial charge in [0.1, 0.15) is 17.9 Å². The number of fused-ring (bicyclic) bond motifs is 1. The van der Waals surface area contributed by atoms with Crippen molar-refractivity contribution in [3.63, 3.8) is 0 Å². The first kappa shape index (κ1) is 18.2. The highest BCUT2D eigenvalue weighted by Gasteiger charge is 2.17.